The van der Waals surface area contributed by atoms with Crippen LogP contribution in [0, 0.1) is 0 Å². The minimum Gasteiger partial charge on any atom is -0.507 e. The van der Waals surface area contributed by atoms with Crippen molar-refractivity contribution in [2.75, 3.05) is 0 Å². The Morgan fingerprint density at radius 2 is 1.43 bits per heavy atom. The van der Waals surface area contributed by atoms with E-state index >= 15 is 0 Å². The van der Waals surface area contributed by atoms with E-state index in [4.69, 9.17) is 0 Å². The van der Waals surface area contributed by atoms with Crippen molar-refractivity contribution in [3.8, 4) is 16.9 Å². The molecule has 0 fully saturated rings. The summed E-state index contributed by atoms with van der Waals surface area (Å²) in [6.07, 6.45) is 1.10. The molecule has 0 radical (unpaired) electrons. The Balaban J connectivity index is 1.48. The summed E-state index contributed by atoms with van der Waals surface area (Å²) in [6, 6.07) is 27.9. The zero-order chi connectivity index (χ0) is 20.9. The number of rotatable bonds is 6. The van der Waals surface area contributed by atoms with E-state index in [1.54, 1.807) is 12.1 Å². The Morgan fingerprint density at radius 3 is 2.10 bits per heavy atom. The average molecular weight is 395 g/mol. The van der Waals surface area contributed by atoms with Crippen LogP contribution in [0.25, 0.3) is 21.9 Å². The van der Waals surface area contributed by atoms with E-state index in [9.17, 15) is 14.7 Å². The molecule has 1 amide bonds. The van der Waals surface area contributed by atoms with E-state index < -0.39 is 11.9 Å². The van der Waals surface area contributed by atoms with Gasteiger partial charge in [0.15, 0.2) is 0 Å². The van der Waals surface area contributed by atoms with Crippen molar-refractivity contribution in [3.63, 3.8) is 0 Å². The van der Waals surface area contributed by atoms with Gasteiger partial charge in [0.1, 0.15) is 12.0 Å². The van der Waals surface area contributed by atoms with Gasteiger partial charge in [-0.25, -0.2) is 0 Å². The summed E-state index contributed by atoms with van der Waals surface area (Å²) >= 11 is 0. The Hall–Kier alpha value is -3.92. The normalized spacial score (nSPS) is 11.7. The second kappa shape index (κ2) is 8.62. The van der Waals surface area contributed by atoms with Crippen molar-refractivity contribution < 1.29 is 14.7 Å². The average Bonchev–Trinajstić information content (AvgIpc) is 2.79. The number of phenols is 1. The number of hydrogen-bond donors (Lipinski definition) is 2. The molecule has 1 atom stereocenters. The molecule has 0 aromatic heterocycles. The Bertz CT molecular complexity index is 1180. The molecule has 0 unspecified atom stereocenters. The smallest absolute Gasteiger partial charge is 0.255 e. The highest BCUT2D eigenvalue weighted by Crippen LogP contribution is 2.25. The van der Waals surface area contributed by atoms with E-state index in [2.05, 4.69) is 5.32 Å². The SMILES string of the molecule is O=C[C@H](Cc1ccc(-c2ccccc2)cc1)NC(=O)c1cc2ccccc2cc1O. The Kier molecular flexibility index (Phi) is 5.57. The molecular weight excluding hydrogens is 374 g/mol. The lowest BCUT2D eigenvalue weighted by Crippen LogP contribution is -2.37. The van der Waals surface area contributed by atoms with Crippen LogP contribution in [0.3, 0.4) is 0 Å². The fourth-order valence-corrected chi connectivity index (χ4v) is 3.51. The van der Waals surface area contributed by atoms with Crippen molar-refractivity contribution >= 4 is 23.0 Å². The maximum absolute atomic E-state index is 12.7. The van der Waals surface area contributed by atoms with Crippen molar-refractivity contribution in [1.82, 2.24) is 5.32 Å². The van der Waals surface area contributed by atoms with Crippen LogP contribution < -0.4 is 5.32 Å². The van der Waals surface area contributed by atoms with Crippen molar-refractivity contribution in [3.05, 3.63) is 102 Å². The number of aldehydes is 1. The molecule has 4 heteroatoms. The molecule has 0 saturated heterocycles. The molecule has 0 aliphatic carbocycles. The third-order valence-corrected chi connectivity index (χ3v) is 5.11. The van der Waals surface area contributed by atoms with E-state index in [0.717, 1.165) is 33.7 Å². The molecule has 4 rings (SSSR count). The van der Waals surface area contributed by atoms with Gasteiger partial charge < -0.3 is 15.2 Å². The minimum absolute atomic E-state index is 0.108. The predicted octanol–water partition coefficient (Wildman–Crippen LogP) is 4.75. The molecule has 0 saturated carbocycles. The number of carbonyl (C=O) groups is 2. The molecule has 148 valence electrons. The first-order valence-electron chi connectivity index (χ1n) is 9.76. The summed E-state index contributed by atoms with van der Waals surface area (Å²) < 4.78 is 0. The third kappa shape index (κ3) is 4.23. The van der Waals surface area contributed by atoms with Crippen molar-refractivity contribution in [2.24, 2.45) is 0 Å². The van der Waals surface area contributed by atoms with Gasteiger partial charge in [-0.05, 0) is 46.0 Å². The largest absolute Gasteiger partial charge is 0.507 e. The number of hydrogen-bond acceptors (Lipinski definition) is 3. The first-order chi connectivity index (χ1) is 14.6. The van der Waals surface area contributed by atoms with Gasteiger partial charge >= 0.3 is 0 Å². The lowest BCUT2D eigenvalue weighted by atomic mass is 10.0. The van der Waals surface area contributed by atoms with E-state index in [0.29, 0.717) is 6.42 Å². The summed E-state index contributed by atoms with van der Waals surface area (Å²) in [5.41, 5.74) is 3.30. The molecule has 0 aliphatic heterocycles. The number of fused-ring (bicyclic) bond motifs is 1. The molecule has 0 heterocycles. The number of benzene rings is 4. The topological polar surface area (TPSA) is 66.4 Å². The standard InChI is InChI=1S/C26H21NO3/c28-17-23(14-18-10-12-20(13-11-18)19-6-2-1-3-7-19)27-26(30)24-15-21-8-4-5-9-22(21)16-25(24)29/h1-13,15-17,23,29H,14H2,(H,27,30)/t23-/m0/s1. The molecule has 4 aromatic rings. The number of nitrogens with one attached hydrogen (secondary N) is 1. The maximum Gasteiger partial charge on any atom is 0.255 e. The third-order valence-electron chi connectivity index (χ3n) is 5.11. The lowest BCUT2D eigenvalue weighted by molar-refractivity contribution is -0.109. The number of carbonyl (C=O) groups excluding carboxylic acids is 2. The second-order valence-electron chi connectivity index (χ2n) is 7.20. The van der Waals surface area contributed by atoms with Crippen LogP contribution in [0.15, 0.2) is 91.0 Å². The lowest BCUT2D eigenvalue weighted by Gasteiger charge is -2.14. The minimum atomic E-state index is -0.689. The molecule has 4 nitrogen and oxygen atoms in total. The van der Waals surface area contributed by atoms with Gasteiger partial charge in [-0.2, -0.15) is 0 Å². The number of phenolic OH excluding ortho intramolecular Hbond substituents is 1. The second-order valence-corrected chi connectivity index (χ2v) is 7.20. The molecular formula is C26H21NO3. The van der Waals surface area contributed by atoms with Gasteiger partial charge in [-0.3, -0.25) is 4.79 Å². The molecule has 0 aliphatic rings. The Labute approximate surface area is 174 Å². The van der Waals surface area contributed by atoms with Gasteiger partial charge in [0.2, 0.25) is 0 Å². The molecule has 2 N–H and O–H groups in total. The first kappa shape index (κ1) is 19.4. The fraction of sp³-hybridized carbons (Fsp3) is 0.0769. The van der Waals surface area contributed by atoms with Crippen molar-refractivity contribution in [1.29, 1.82) is 0 Å². The highest BCUT2D eigenvalue weighted by Gasteiger charge is 2.17. The zero-order valence-electron chi connectivity index (χ0n) is 16.3. The van der Waals surface area contributed by atoms with E-state index in [1.165, 1.54) is 0 Å². The predicted molar refractivity (Wildman–Crippen MR) is 119 cm³/mol. The monoisotopic (exact) mass is 395 g/mol. The van der Waals surface area contributed by atoms with Crippen molar-refractivity contribution in [2.45, 2.75) is 12.5 Å². The van der Waals surface area contributed by atoms with Crippen LogP contribution in [0.4, 0.5) is 0 Å². The van der Waals surface area contributed by atoms with Crippen LogP contribution in [0.2, 0.25) is 0 Å². The highest BCUT2D eigenvalue weighted by molar-refractivity contribution is 6.02. The Morgan fingerprint density at radius 1 is 0.833 bits per heavy atom. The summed E-state index contributed by atoms with van der Waals surface area (Å²) in [5.74, 6) is -0.584. The fourth-order valence-electron chi connectivity index (χ4n) is 3.51. The summed E-state index contributed by atoms with van der Waals surface area (Å²) in [4.78, 5) is 24.3. The van der Waals surface area contributed by atoms with Crippen LogP contribution in [-0.4, -0.2) is 23.3 Å². The maximum atomic E-state index is 12.7. The van der Waals surface area contributed by atoms with Crippen LogP contribution in [-0.2, 0) is 11.2 Å². The van der Waals surface area contributed by atoms with E-state index in [1.807, 2.05) is 78.9 Å². The number of aromatic hydroxyl groups is 1. The van der Waals surface area contributed by atoms with Gasteiger partial charge in [-0.15, -0.1) is 0 Å². The zero-order valence-corrected chi connectivity index (χ0v) is 16.3. The van der Waals surface area contributed by atoms with Gasteiger partial charge in [0, 0.05) is 0 Å². The van der Waals surface area contributed by atoms with Crippen LogP contribution >= 0.6 is 0 Å². The van der Waals surface area contributed by atoms with E-state index in [-0.39, 0.29) is 11.3 Å². The number of amides is 1. The summed E-state index contributed by atoms with van der Waals surface area (Å²) in [6.45, 7) is 0. The summed E-state index contributed by atoms with van der Waals surface area (Å²) in [5, 5.41) is 14.7. The van der Waals surface area contributed by atoms with Crippen LogP contribution in [0.1, 0.15) is 15.9 Å². The highest BCUT2D eigenvalue weighted by atomic mass is 16.3. The first-order valence-corrected chi connectivity index (χ1v) is 9.76. The molecule has 0 spiro atoms. The van der Waals surface area contributed by atoms with Gasteiger partial charge in [-0.1, -0.05) is 78.9 Å². The quantitative estimate of drug-likeness (QED) is 0.463. The molecule has 30 heavy (non-hydrogen) atoms. The van der Waals surface area contributed by atoms with Gasteiger partial charge in [0.05, 0.1) is 11.6 Å². The molecule has 0 bridgehead atoms. The van der Waals surface area contributed by atoms with Gasteiger partial charge in [0.25, 0.3) is 5.91 Å². The summed E-state index contributed by atoms with van der Waals surface area (Å²) in [7, 11) is 0. The van der Waals surface area contributed by atoms with Crippen LogP contribution in [0.5, 0.6) is 5.75 Å². The molecule has 4 aromatic carbocycles.